The number of aryl methyl sites for hydroxylation is 1. The van der Waals surface area contributed by atoms with Gasteiger partial charge in [0.25, 0.3) is 0 Å². The highest BCUT2D eigenvalue weighted by Gasteiger charge is 2.07. The van der Waals surface area contributed by atoms with Gasteiger partial charge < -0.3 is 14.8 Å². The molecule has 1 N–H and O–H groups in total. The van der Waals surface area contributed by atoms with Crippen molar-refractivity contribution < 1.29 is 9.47 Å². The summed E-state index contributed by atoms with van der Waals surface area (Å²) in [5.41, 5.74) is 4.71. The summed E-state index contributed by atoms with van der Waals surface area (Å²) in [4.78, 5) is 4.12. The maximum atomic E-state index is 5.97. The van der Waals surface area contributed by atoms with Gasteiger partial charge in [-0.1, -0.05) is 36.4 Å². The Kier molecular flexibility index (Phi) is 10.4. The summed E-state index contributed by atoms with van der Waals surface area (Å²) in [7, 11) is 1.67. The lowest BCUT2D eigenvalue weighted by Crippen LogP contribution is -2.12. The minimum absolute atomic E-state index is 0. The van der Waals surface area contributed by atoms with Gasteiger partial charge in [0.15, 0.2) is 11.5 Å². The predicted octanol–water partition coefficient (Wildman–Crippen LogP) is 5.11. The van der Waals surface area contributed by atoms with Crippen molar-refractivity contribution in [2.24, 2.45) is 0 Å². The maximum Gasteiger partial charge on any atom is 0.161 e. The van der Waals surface area contributed by atoms with Crippen molar-refractivity contribution in [1.82, 2.24) is 10.3 Å². The molecule has 0 saturated carbocycles. The summed E-state index contributed by atoms with van der Waals surface area (Å²) >= 11 is 0. The van der Waals surface area contributed by atoms with Crippen LogP contribution in [0.3, 0.4) is 0 Å². The molecule has 1 aromatic heterocycles. The second-order valence-electron chi connectivity index (χ2n) is 6.17. The van der Waals surface area contributed by atoms with Gasteiger partial charge in [0.2, 0.25) is 0 Å². The first kappa shape index (κ1) is 23.8. The minimum atomic E-state index is 0. The molecule has 0 spiro atoms. The van der Waals surface area contributed by atoms with E-state index in [1.165, 1.54) is 11.1 Å². The lowest BCUT2D eigenvalue weighted by atomic mass is 10.1. The maximum absolute atomic E-state index is 5.97. The van der Waals surface area contributed by atoms with Crippen LogP contribution in [0.5, 0.6) is 11.5 Å². The third kappa shape index (κ3) is 6.71. The van der Waals surface area contributed by atoms with E-state index in [-0.39, 0.29) is 24.8 Å². The van der Waals surface area contributed by atoms with E-state index in [0.29, 0.717) is 6.61 Å². The van der Waals surface area contributed by atoms with Crippen LogP contribution in [-0.4, -0.2) is 12.1 Å². The number of pyridine rings is 1. The molecule has 28 heavy (non-hydrogen) atoms. The Balaban J connectivity index is 0.00000196. The molecule has 4 nitrogen and oxygen atoms in total. The van der Waals surface area contributed by atoms with E-state index in [2.05, 4.69) is 41.5 Å². The first-order valence-corrected chi connectivity index (χ1v) is 8.70. The number of rotatable bonds is 8. The van der Waals surface area contributed by atoms with Crippen LogP contribution in [0.25, 0.3) is 0 Å². The third-order valence-corrected chi connectivity index (χ3v) is 4.25. The van der Waals surface area contributed by atoms with Crippen molar-refractivity contribution in [1.29, 1.82) is 0 Å². The predicted molar refractivity (Wildman–Crippen MR) is 118 cm³/mol. The number of nitrogens with one attached hydrogen (secondary N) is 1. The molecule has 150 valence electrons. The number of hydrogen-bond acceptors (Lipinski definition) is 4. The van der Waals surface area contributed by atoms with Gasteiger partial charge in [-0.3, -0.25) is 4.98 Å². The van der Waals surface area contributed by atoms with Crippen LogP contribution in [0.4, 0.5) is 0 Å². The lowest BCUT2D eigenvalue weighted by molar-refractivity contribution is 0.283. The van der Waals surface area contributed by atoms with Gasteiger partial charge in [-0.25, -0.2) is 0 Å². The SMILES string of the molecule is COc1cc(CNCc2cccnc2)ccc1OCc1ccccc1C.Cl.Cl. The molecule has 0 aliphatic carbocycles. The number of aromatic nitrogens is 1. The molecule has 0 unspecified atom stereocenters. The van der Waals surface area contributed by atoms with E-state index in [4.69, 9.17) is 9.47 Å². The number of benzene rings is 2. The zero-order valence-electron chi connectivity index (χ0n) is 16.1. The summed E-state index contributed by atoms with van der Waals surface area (Å²) in [6, 6.07) is 18.3. The molecule has 0 radical (unpaired) electrons. The Morgan fingerprint density at radius 2 is 1.68 bits per heavy atom. The normalized spacial score (nSPS) is 9.79. The average Bonchev–Trinajstić information content (AvgIpc) is 2.68. The fraction of sp³-hybridized carbons (Fsp3) is 0.227. The molecule has 0 bridgehead atoms. The molecule has 3 aromatic rings. The molecule has 1 heterocycles. The van der Waals surface area contributed by atoms with Crippen LogP contribution in [0.2, 0.25) is 0 Å². The molecule has 6 heteroatoms. The second-order valence-corrected chi connectivity index (χ2v) is 6.17. The smallest absolute Gasteiger partial charge is 0.161 e. The van der Waals surface area contributed by atoms with Crippen molar-refractivity contribution in [2.75, 3.05) is 7.11 Å². The molecule has 2 aromatic carbocycles. The molecule has 0 atom stereocenters. The molecule has 0 saturated heterocycles. The van der Waals surface area contributed by atoms with Crippen molar-refractivity contribution in [3.63, 3.8) is 0 Å². The Labute approximate surface area is 179 Å². The summed E-state index contributed by atoms with van der Waals surface area (Å²) in [5.74, 6) is 1.51. The second kappa shape index (κ2) is 12.2. The standard InChI is InChI=1S/C22H24N2O2.2ClH/c1-17-6-3-4-8-20(17)16-26-21-10-9-18(12-22(21)25-2)13-24-15-19-7-5-11-23-14-19;;/h3-12,14,24H,13,15-16H2,1-2H3;2*1H. The Morgan fingerprint density at radius 1 is 0.893 bits per heavy atom. The zero-order valence-corrected chi connectivity index (χ0v) is 17.7. The topological polar surface area (TPSA) is 43.4 Å². The first-order chi connectivity index (χ1) is 12.8. The van der Waals surface area contributed by atoms with E-state index in [0.717, 1.165) is 35.7 Å². The fourth-order valence-electron chi connectivity index (χ4n) is 2.72. The molecule has 0 aliphatic rings. The van der Waals surface area contributed by atoms with Crippen LogP contribution in [0, 0.1) is 6.92 Å². The first-order valence-electron chi connectivity index (χ1n) is 8.70. The van der Waals surface area contributed by atoms with Gasteiger partial charge in [0, 0.05) is 25.5 Å². The summed E-state index contributed by atoms with van der Waals surface area (Å²) in [6.07, 6.45) is 3.65. The summed E-state index contributed by atoms with van der Waals surface area (Å²) < 4.78 is 11.5. The van der Waals surface area contributed by atoms with E-state index >= 15 is 0 Å². The number of nitrogens with zero attached hydrogens (tertiary/aromatic N) is 1. The van der Waals surface area contributed by atoms with Gasteiger partial charge >= 0.3 is 0 Å². The van der Waals surface area contributed by atoms with Crippen molar-refractivity contribution in [3.05, 3.63) is 89.2 Å². The molecular formula is C22H26Cl2N2O2. The quantitative estimate of drug-likeness (QED) is 0.549. The van der Waals surface area contributed by atoms with E-state index in [1.54, 1.807) is 13.3 Å². The number of methoxy groups -OCH3 is 1. The van der Waals surface area contributed by atoms with Crippen molar-refractivity contribution in [2.45, 2.75) is 26.6 Å². The van der Waals surface area contributed by atoms with Crippen LogP contribution >= 0.6 is 24.8 Å². The molecule has 0 fully saturated rings. The molecule has 0 amide bonds. The van der Waals surface area contributed by atoms with Gasteiger partial charge in [0.05, 0.1) is 7.11 Å². The van der Waals surface area contributed by atoms with Crippen LogP contribution in [0.1, 0.15) is 22.3 Å². The highest BCUT2D eigenvalue weighted by molar-refractivity contribution is 5.85. The Bertz CT molecular complexity index is 845. The van der Waals surface area contributed by atoms with Gasteiger partial charge in [-0.05, 0) is 47.4 Å². The van der Waals surface area contributed by atoms with Gasteiger partial charge in [-0.15, -0.1) is 24.8 Å². The lowest BCUT2D eigenvalue weighted by Gasteiger charge is -2.13. The number of ether oxygens (including phenoxy) is 2. The fourth-order valence-corrected chi connectivity index (χ4v) is 2.72. The highest BCUT2D eigenvalue weighted by Crippen LogP contribution is 2.29. The summed E-state index contributed by atoms with van der Waals surface area (Å²) in [6.45, 7) is 4.15. The van der Waals surface area contributed by atoms with Crippen LogP contribution in [0.15, 0.2) is 67.0 Å². The Morgan fingerprint density at radius 3 is 2.39 bits per heavy atom. The number of halogens is 2. The van der Waals surface area contributed by atoms with Gasteiger partial charge in [-0.2, -0.15) is 0 Å². The minimum Gasteiger partial charge on any atom is -0.493 e. The highest BCUT2D eigenvalue weighted by atomic mass is 35.5. The van der Waals surface area contributed by atoms with Crippen LogP contribution < -0.4 is 14.8 Å². The third-order valence-electron chi connectivity index (χ3n) is 4.25. The Hall–Kier alpha value is -2.27. The zero-order chi connectivity index (χ0) is 18.2. The van der Waals surface area contributed by atoms with E-state index in [9.17, 15) is 0 Å². The summed E-state index contributed by atoms with van der Waals surface area (Å²) in [5, 5.41) is 3.42. The molecule has 3 rings (SSSR count). The largest absolute Gasteiger partial charge is 0.493 e. The van der Waals surface area contributed by atoms with Crippen molar-refractivity contribution in [3.8, 4) is 11.5 Å². The molecular weight excluding hydrogens is 395 g/mol. The van der Waals surface area contributed by atoms with Crippen LogP contribution in [-0.2, 0) is 19.7 Å². The number of hydrogen-bond donors (Lipinski definition) is 1. The van der Waals surface area contributed by atoms with E-state index < -0.39 is 0 Å². The van der Waals surface area contributed by atoms with Crippen molar-refractivity contribution >= 4 is 24.8 Å². The monoisotopic (exact) mass is 420 g/mol. The molecule has 0 aliphatic heterocycles. The average molecular weight is 421 g/mol. The van der Waals surface area contributed by atoms with Gasteiger partial charge in [0.1, 0.15) is 6.61 Å². The van der Waals surface area contributed by atoms with E-state index in [1.807, 2.05) is 36.5 Å².